The molecule has 0 saturated carbocycles. The Morgan fingerprint density at radius 3 is 2.33 bits per heavy atom. The van der Waals surface area contributed by atoms with Crippen molar-refractivity contribution in [2.45, 2.75) is 6.42 Å². The fourth-order valence-corrected chi connectivity index (χ4v) is 4.48. The van der Waals surface area contributed by atoms with Gasteiger partial charge in [0.2, 0.25) is 0 Å². The number of halogens is 2. The van der Waals surface area contributed by atoms with Crippen molar-refractivity contribution in [3.8, 4) is 17.2 Å². The molecule has 8 heteroatoms. The standard InChI is InChI=1S/C22H16Br2N2O4/c23-17-10-15(26-20(28)12-25-22(26)29)11-18(24)21(17)30-16-6-7-19(27)14(9-16)8-13-4-2-1-3-5-13/h1-7,9-11,27H,8,12H2,(H,25,29). The topological polar surface area (TPSA) is 78.9 Å². The third kappa shape index (κ3) is 4.20. The molecular weight excluding hydrogens is 516 g/mol. The van der Waals surface area contributed by atoms with Crippen LogP contribution in [0.3, 0.4) is 0 Å². The molecule has 1 aliphatic heterocycles. The van der Waals surface area contributed by atoms with Crippen molar-refractivity contribution in [3.05, 3.63) is 80.7 Å². The van der Waals surface area contributed by atoms with Crippen LogP contribution in [0, 0.1) is 0 Å². The van der Waals surface area contributed by atoms with E-state index in [0.717, 1.165) is 16.0 Å². The highest BCUT2D eigenvalue weighted by molar-refractivity contribution is 9.11. The highest BCUT2D eigenvalue weighted by Gasteiger charge is 2.31. The van der Waals surface area contributed by atoms with E-state index in [1.165, 1.54) is 0 Å². The van der Waals surface area contributed by atoms with Crippen molar-refractivity contribution in [2.24, 2.45) is 0 Å². The number of hydrogen-bond donors (Lipinski definition) is 2. The number of carbonyl (C=O) groups is 2. The average molecular weight is 532 g/mol. The molecule has 0 radical (unpaired) electrons. The second kappa shape index (κ2) is 8.49. The van der Waals surface area contributed by atoms with Gasteiger partial charge in [0.05, 0.1) is 21.2 Å². The first-order valence-corrected chi connectivity index (χ1v) is 10.6. The van der Waals surface area contributed by atoms with E-state index in [1.807, 2.05) is 30.3 Å². The van der Waals surface area contributed by atoms with Gasteiger partial charge in [-0.05, 0) is 67.8 Å². The molecule has 3 amide bonds. The molecule has 3 aromatic rings. The number of aromatic hydroxyl groups is 1. The number of hydrogen-bond acceptors (Lipinski definition) is 4. The van der Waals surface area contributed by atoms with Crippen LogP contribution in [0.5, 0.6) is 17.2 Å². The largest absolute Gasteiger partial charge is 0.508 e. The van der Waals surface area contributed by atoms with E-state index in [9.17, 15) is 14.7 Å². The first-order valence-electron chi connectivity index (χ1n) is 9.06. The zero-order valence-corrected chi connectivity index (χ0v) is 18.7. The molecule has 1 heterocycles. The van der Waals surface area contributed by atoms with Crippen LogP contribution in [0.1, 0.15) is 11.1 Å². The number of urea groups is 1. The zero-order valence-electron chi connectivity index (χ0n) is 15.6. The lowest BCUT2D eigenvalue weighted by atomic mass is 10.0. The van der Waals surface area contributed by atoms with Crippen LogP contribution in [-0.4, -0.2) is 23.6 Å². The zero-order chi connectivity index (χ0) is 21.3. The van der Waals surface area contributed by atoms with E-state index in [1.54, 1.807) is 30.3 Å². The number of ether oxygens (including phenoxy) is 1. The van der Waals surface area contributed by atoms with Gasteiger partial charge >= 0.3 is 6.03 Å². The summed E-state index contributed by atoms with van der Waals surface area (Å²) >= 11 is 6.91. The van der Waals surface area contributed by atoms with Crippen molar-refractivity contribution in [3.63, 3.8) is 0 Å². The van der Waals surface area contributed by atoms with Gasteiger partial charge in [-0.1, -0.05) is 30.3 Å². The van der Waals surface area contributed by atoms with E-state index >= 15 is 0 Å². The van der Waals surface area contributed by atoms with E-state index in [0.29, 0.717) is 32.6 Å². The van der Waals surface area contributed by atoms with Gasteiger partial charge < -0.3 is 15.2 Å². The molecule has 1 saturated heterocycles. The smallest absolute Gasteiger partial charge is 0.329 e. The van der Waals surface area contributed by atoms with Crippen molar-refractivity contribution >= 4 is 49.5 Å². The minimum Gasteiger partial charge on any atom is -0.508 e. The molecule has 4 rings (SSSR count). The minimum atomic E-state index is -0.462. The van der Waals surface area contributed by atoms with Crippen LogP contribution in [0.2, 0.25) is 0 Å². The molecule has 0 unspecified atom stereocenters. The lowest BCUT2D eigenvalue weighted by molar-refractivity contribution is -0.115. The predicted molar refractivity (Wildman–Crippen MR) is 120 cm³/mol. The van der Waals surface area contributed by atoms with Gasteiger partial charge in [0, 0.05) is 12.0 Å². The number of benzene rings is 3. The maximum atomic E-state index is 12.0. The number of phenols is 1. The number of phenolic OH excluding ortho intramolecular Hbond substituents is 1. The number of rotatable bonds is 5. The Bertz CT molecular complexity index is 1100. The molecular formula is C22H16Br2N2O4. The maximum Gasteiger partial charge on any atom is 0.329 e. The Balaban J connectivity index is 1.61. The molecule has 0 spiro atoms. The van der Waals surface area contributed by atoms with Gasteiger partial charge in [-0.3, -0.25) is 4.79 Å². The monoisotopic (exact) mass is 530 g/mol. The van der Waals surface area contributed by atoms with Crippen LogP contribution in [0.4, 0.5) is 10.5 Å². The van der Waals surface area contributed by atoms with Gasteiger partial charge in [0.25, 0.3) is 5.91 Å². The predicted octanol–water partition coefficient (Wildman–Crippen LogP) is 5.36. The Morgan fingerprint density at radius 1 is 1.00 bits per heavy atom. The highest BCUT2D eigenvalue weighted by atomic mass is 79.9. The summed E-state index contributed by atoms with van der Waals surface area (Å²) < 4.78 is 7.17. The van der Waals surface area contributed by atoms with Gasteiger partial charge in [-0.25, -0.2) is 9.69 Å². The molecule has 0 aromatic heterocycles. The summed E-state index contributed by atoms with van der Waals surface area (Å²) in [6.45, 7) is -0.0238. The summed E-state index contributed by atoms with van der Waals surface area (Å²) in [6.07, 6.45) is 0.567. The normalized spacial score (nSPS) is 13.5. The molecule has 0 bridgehead atoms. The van der Waals surface area contributed by atoms with Crippen LogP contribution < -0.4 is 15.0 Å². The average Bonchev–Trinajstić information content (AvgIpc) is 3.06. The van der Waals surface area contributed by atoms with Crippen LogP contribution in [0.25, 0.3) is 0 Å². The van der Waals surface area contributed by atoms with E-state index in [2.05, 4.69) is 37.2 Å². The first kappa shape index (κ1) is 20.4. The van der Waals surface area contributed by atoms with Crippen LogP contribution >= 0.6 is 31.9 Å². The van der Waals surface area contributed by atoms with Gasteiger partial charge in [-0.15, -0.1) is 0 Å². The number of carbonyl (C=O) groups excluding carboxylic acids is 2. The summed E-state index contributed by atoms with van der Waals surface area (Å²) in [5.74, 6) is 0.903. The molecule has 3 aromatic carbocycles. The third-order valence-corrected chi connectivity index (χ3v) is 5.77. The van der Waals surface area contributed by atoms with Crippen LogP contribution in [0.15, 0.2) is 69.6 Å². The Hall–Kier alpha value is -2.84. The quantitative estimate of drug-likeness (QED) is 0.434. The second-order valence-corrected chi connectivity index (χ2v) is 8.39. The molecule has 1 aliphatic rings. The van der Waals surface area contributed by atoms with Crippen molar-refractivity contribution in [1.29, 1.82) is 0 Å². The van der Waals surface area contributed by atoms with Crippen molar-refractivity contribution < 1.29 is 19.4 Å². The van der Waals surface area contributed by atoms with Gasteiger partial charge in [-0.2, -0.15) is 0 Å². The number of imide groups is 1. The van der Waals surface area contributed by atoms with Crippen LogP contribution in [-0.2, 0) is 11.2 Å². The number of nitrogens with zero attached hydrogens (tertiary/aromatic N) is 1. The molecule has 0 atom stereocenters. The maximum absolute atomic E-state index is 12.0. The van der Waals surface area contributed by atoms with Gasteiger partial charge in [0.15, 0.2) is 5.75 Å². The lowest BCUT2D eigenvalue weighted by Crippen LogP contribution is -2.30. The number of amides is 3. The summed E-state index contributed by atoms with van der Waals surface area (Å²) in [5, 5.41) is 12.7. The first-order chi connectivity index (χ1) is 14.4. The molecule has 1 fully saturated rings. The van der Waals surface area contributed by atoms with E-state index in [-0.39, 0.29) is 18.2 Å². The summed E-state index contributed by atoms with van der Waals surface area (Å²) in [7, 11) is 0. The second-order valence-electron chi connectivity index (χ2n) is 6.68. The Kier molecular flexibility index (Phi) is 5.78. The fourth-order valence-electron chi connectivity index (χ4n) is 3.16. The third-order valence-electron chi connectivity index (χ3n) is 4.59. The Morgan fingerprint density at radius 2 is 1.70 bits per heavy atom. The summed E-state index contributed by atoms with van der Waals surface area (Å²) in [6, 6.07) is 17.7. The molecule has 6 nitrogen and oxygen atoms in total. The number of anilines is 1. The number of nitrogens with one attached hydrogen (secondary N) is 1. The molecule has 0 aliphatic carbocycles. The van der Waals surface area contributed by atoms with E-state index < -0.39 is 6.03 Å². The van der Waals surface area contributed by atoms with E-state index in [4.69, 9.17) is 4.74 Å². The molecule has 30 heavy (non-hydrogen) atoms. The summed E-state index contributed by atoms with van der Waals surface area (Å²) in [4.78, 5) is 25.0. The SMILES string of the molecule is O=C1CNC(=O)N1c1cc(Br)c(Oc2ccc(O)c(Cc3ccccc3)c2)c(Br)c1. The fraction of sp³-hybridized carbons (Fsp3) is 0.0909. The molecule has 2 N–H and O–H groups in total. The highest BCUT2D eigenvalue weighted by Crippen LogP contribution is 2.41. The molecule has 152 valence electrons. The van der Waals surface area contributed by atoms with Crippen molar-refractivity contribution in [1.82, 2.24) is 5.32 Å². The van der Waals surface area contributed by atoms with Gasteiger partial charge in [0.1, 0.15) is 11.5 Å². The lowest BCUT2D eigenvalue weighted by Gasteiger charge is -2.17. The minimum absolute atomic E-state index is 0.0238. The summed E-state index contributed by atoms with van der Waals surface area (Å²) in [5.41, 5.74) is 2.24. The van der Waals surface area contributed by atoms with Crippen molar-refractivity contribution in [2.75, 3.05) is 11.4 Å². The Labute approximate surface area is 189 Å².